The van der Waals surface area contributed by atoms with Gasteiger partial charge in [0, 0.05) is 18.1 Å². The van der Waals surface area contributed by atoms with Gasteiger partial charge in [-0.2, -0.15) is 13.2 Å². The lowest BCUT2D eigenvalue weighted by atomic mass is 10.1. The molecule has 4 aromatic rings. The molecule has 0 bridgehead atoms. The summed E-state index contributed by atoms with van der Waals surface area (Å²) >= 11 is 0. The Hall–Kier alpha value is -4.47. The minimum Gasteiger partial charge on any atom is -0.493 e. The third-order valence-corrected chi connectivity index (χ3v) is 6.14. The number of benzene rings is 3. The zero-order valence-electron chi connectivity index (χ0n) is 23.0. The average Bonchev–Trinajstić information content (AvgIpc) is 3.27. The molecule has 1 heterocycles. The molecule has 0 radical (unpaired) electrons. The quantitative estimate of drug-likeness (QED) is 0.198. The average molecular weight is 570 g/mol. The molecule has 0 aliphatic carbocycles. The zero-order valence-corrected chi connectivity index (χ0v) is 23.0. The SMILES string of the molecule is Cc1cc(OC(C)C)cc(OCc2ccc(OCCc3nc(-c4ccc(C(F)(F)F)cc4)oc3C)cc2)c1C(=O)O. The molecule has 0 aliphatic heterocycles. The number of halogens is 3. The molecule has 1 aromatic heterocycles. The van der Waals surface area contributed by atoms with E-state index in [0.29, 0.717) is 47.1 Å². The van der Waals surface area contributed by atoms with Crippen molar-refractivity contribution in [3.63, 3.8) is 0 Å². The predicted molar refractivity (Wildman–Crippen MR) is 146 cm³/mol. The standard InChI is InChI=1S/C31H30F3NO6/c1-18(2)40-25-15-19(3)28(30(36)37)27(16-25)39-17-21-5-11-24(12-6-21)38-14-13-26-20(4)41-29(35-26)22-7-9-23(10-8-22)31(32,33)34/h5-12,15-16,18H,13-14,17H2,1-4H3,(H,36,37). The number of rotatable bonds is 11. The maximum atomic E-state index is 12.8. The monoisotopic (exact) mass is 569 g/mol. The van der Waals surface area contributed by atoms with Crippen LogP contribution < -0.4 is 14.2 Å². The number of aromatic nitrogens is 1. The van der Waals surface area contributed by atoms with Gasteiger partial charge in [0.05, 0.1) is 24.0 Å². The van der Waals surface area contributed by atoms with Crippen molar-refractivity contribution in [1.29, 1.82) is 0 Å². The number of hydrogen-bond acceptors (Lipinski definition) is 6. The number of oxazole rings is 1. The molecule has 0 aliphatic rings. The van der Waals surface area contributed by atoms with Gasteiger partial charge in [-0.15, -0.1) is 0 Å². The second-order valence-corrected chi connectivity index (χ2v) is 9.71. The van der Waals surface area contributed by atoms with Gasteiger partial charge in [0.1, 0.15) is 35.2 Å². The first-order valence-corrected chi connectivity index (χ1v) is 12.9. The summed E-state index contributed by atoms with van der Waals surface area (Å²) in [5.74, 6) is 1.12. The number of aryl methyl sites for hydroxylation is 2. The third kappa shape index (κ3) is 7.59. The van der Waals surface area contributed by atoms with Gasteiger partial charge in [0.25, 0.3) is 0 Å². The summed E-state index contributed by atoms with van der Waals surface area (Å²) in [4.78, 5) is 16.2. The van der Waals surface area contributed by atoms with Crippen LogP contribution in [-0.2, 0) is 19.2 Å². The molecule has 0 unspecified atom stereocenters. The number of hydrogen-bond donors (Lipinski definition) is 1. The lowest BCUT2D eigenvalue weighted by molar-refractivity contribution is -0.137. The number of carbonyl (C=O) groups is 1. The summed E-state index contributed by atoms with van der Waals surface area (Å²) in [6.07, 6.45) is -4.04. The van der Waals surface area contributed by atoms with Crippen LogP contribution in [0.5, 0.6) is 17.2 Å². The molecule has 216 valence electrons. The minimum atomic E-state index is -4.41. The Morgan fingerprint density at radius 2 is 1.66 bits per heavy atom. The fourth-order valence-electron chi connectivity index (χ4n) is 4.14. The summed E-state index contributed by atoms with van der Waals surface area (Å²) in [6, 6.07) is 15.1. The molecular formula is C31H30F3NO6. The second-order valence-electron chi connectivity index (χ2n) is 9.71. The van der Waals surface area contributed by atoms with Crippen molar-refractivity contribution >= 4 is 5.97 Å². The fraction of sp³-hybridized carbons (Fsp3) is 0.290. The maximum absolute atomic E-state index is 12.8. The first-order valence-electron chi connectivity index (χ1n) is 12.9. The van der Waals surface area contributed by atoms with E-state index in [-0.39, 0.29) is 29.9 Å². The molecule has 1 N–H and O–H groups in total. The number of ether oxygens (including phenoxy) is 3. The Kier molecular flexibility index (Phi) is 8.90. The number of carboxylic acid groups (broad SMARTS) is 1. The zero-order chi connectivity index (χ0) is 29.7. The van der Waals surface area contributed by atoms with Crippen LogP contribution in [0.1, 0.15) is 52.3 Å². The first-order chi connectivity index (χ1) is 19.4. The summed E-state index contributed by atoms with van der Waals surface area (Å²) in [5, 5.41) is 9.65. The van der Waals surface area contributed by atoms with E-state index in [0.717, 1.165) is 17.7 Å². The van der Waals surface area contributed by atoms with Crippen molar-refractivity contribution in [3.05, 3.63) is 94.4 Å². The highest BCUT2D eigenvalue weighted by molar-refractivity contribution is 5.93. The van der Waals surface area contributed by atoms with Gasteiger partial charge in [-0.1, -0.05) is 12.1 Å². The molecule has 0 amide bonds. The highest BCUT2D eigenvalue weighted by Crippen LogP contribution is 2.32. The van der Waals surface area contributed by atoms with E-state index in [1.54, 1.807) is 38.1 Å². The van der Waals surface area contributed by atoms with Crippen LogP contribution in [0.2, 0.25) is 0 Å². The lowest BCUT2D eigenvalue weighted by Gasteiger charge is -2.16. The van der Waals surface area contributed by atoms with Crippen molar-refractivity contribution in [3.8, 4) is 28.7 Å². The van der Waals surface area contributed by atoms with Crippen LogP contribution in [-0.4, -0.2) is 28.8 Å². The van der Waals surface area contributed by atoms with Crippen LogP contribution in [0.4, 0.5) is 13.2 Å². The van der Waals surface area contributed by atoms with E-state index >= 15 is 0 Å². The van der Waals surface area contributed by atoms with E-state index < -0.39 is 17.7 Å². The molecule has 7 nitrogen and oxygen atoms in total. The molecule has 0 fully saturated rings. The highest BCUT2D eigenvalue weighted by atomic mass is 19.4. The van der Waals surface area contributed by atoms with E-state index in [9.17, 15) is 23.1 Å². The van der Waals surface area contributed by atoms with Gasteiger partial charge >= 0.3 is 12.1 Å². The van der Waals surface area contributed by atoms with E-state index in [1.807, 2.05) is 26.0 Å². The van der Waals surface area contributed by atoms with Gasteiger partial charge in [-0.3, -0.25) is 0 Å². The first kappa shape index (κ1) is 29.5. The van der Waals surface area contributed by atoms with E-state index in [4.69, 9.17) is 18.6 Å². The van der Waals surface area contributed by atoms with Crippen LogP contribution in [0.3, 0.4) is 0 Å². The van der Waals surface area contributed by atoms with Crippen molar-refractivity contribution in [2.75, 3.05) is 6.61 Å². The Morgan fingerprint density at radius 3 is 2.27 bits per heavy atom. The molecular weight excluding hydrogens is 539 g/mol. The van der Waals surface area contributed by atoms with Crippen LogP contribution >= 0.6 is 0 Å². The summed E-state index contributed by atoms with van der Waals surface area (Å²) in [5.41, 5.74) is 1.82. The van der Waals surface area contributed by atoms with Gasteiger partial charge in [-0.25, -0.2) is 9.78 Å². The molecule has 4 rings (SSSR count). The normalized spacial score (nSPS) is 11.5. The fourth-order valence-corrected chi connectivity index (χ4v) is 4.14. The Morgan fingerprint density at radius 1 is 0.976 bits per heavy atom. The van der Waals surface area contributed by atoms with Crippen molar-refractivity contribution in [2.45, 2.75) is 53.0 Å². The van der Waals surface area contributed by atoms with Crippen LogP contribution in [0.15, 0.2) is 65.1 Å². The number of nitrogens with zero attached hydrogens (tertiary/aromatic N) is 1. The number of alkyl halides is 3. The Labute approximate surface area is 235 Å². The molecule has 10 heteroatoms. The summed E-state index contributed by atoms with van der Waals surface area (Å²) in [7, 11) is 0. The molecule has 0 atom stereocenters. The molecule has 0 spiro atoms. The Bertz CT molecular complexity index is 1490. The third-order valence-electron chi connectivity index (χ3n) is 6.14. The lowest BCUT2D eigenvalue weighted by Crippen LogP contribution is -2.09. The molecule has 0 saturated carbocycles. The highest BCUT2D eigenvalue weighted by Gasteiger charge is 2.30. The van der Waals surface area contributed by atoms with Crippen LogP contribution in [0.25, 0.3) is 11.5 Å². The molecule has 41 heavy (non-hydrogen) atoms. The topological polar surface area (TPSA) is 91.0 Å². The van der Waals surface area contributed by atoms with Gasteiger partial charge in [0.15, 0.2) is 0 Å². The Balaban J connectivity index is 1.33. The molecule has 0 saturated heterocycles. The van der Waals surface area contributed by atoms with Crippen molar-refractivity contribution in [2.24, 2.45) is 0 Å². The summed E-state index contributed by atoms with van der Waals surface area (Å²) < 4.78 is 61.5. The largest absolute Gasteiger partial charge is 0.493 e. The second kappa shape index (κ2) is 12.4. The van der Waals surface area contributed by atoms with Gasteiger partial charge in [0.2, 0.25) is 5.89 Å². The minimum absolute atomic E-state index is 0.0697. The number of aromatic carboxylic acids is 1. The van der Waals surface area contributed by atoms with E-state index in [1.165, 1.54) is 12.1 Å². The smallest absolute Gasteiger partial charge is 0.416 e. The van der Waals surface area contributed by atoms with Gasteiger partial charge < -0.3 is 23.7 Å². The van der Waals surface area contributed by atoms with Crippen molar-refractivity contribution < 1.29 is 41.7 Å². The summed E-state index contributed by atoms with van der Waals surface area (Å²) in [6.45, 7) is 7.67. The van der Waals surface area contributed by atoms with Crippen molar-refractivity contribution in [1.82, 2.24) is 4.98 Å². The maximum Gasteiger partial charge on any atom is 0.416 e. The molecule has 3 aromatic carbocycles. The van der Waals surface area contributed by atoms with E-state index in [2.05, 4.69) is 4.98 Å². The number of carboxylic acids is 1. The van der Waals surface area contributed by atoms with Crippen LogP contribution in [0, 0.1) is 13.8 Å². The predicted octanol–water partition coefficient (Wildman–Crippen LogP) is 7.66. The van der Waals surface area contributed by atoms with Gasteiger partial charge in [-0.05, 0) is 81.3 Å².